The number of hydrogen-bond donors (Lipinski definition) is 0. The highest BCUT2D eigenvalue weighted by Crippen LogP contribution is 2.46. The average molecular weight is 308 g/mol. The van der Waals surface area contributed by atoms with Gasteiger partial charge in [-0.15, -0.1) is 0 Å². The van der Waals surface area contributed by atoms with Gasteiger partial charge in [0.25, 0.3) is 0 Å². The first-order valence-electron chi connectivity index (χ1n) is 8.28. The molecular formula is C24H20. The van der Waals surface area contributed by atoms with Crippen LogP contribution in [0.4, 0.5) is 0 Å². The second-order valence-electron chi connectivity index (χ2n) is 6.43. The van der Waals surface area contributed by atoms with Crippen molar-refractivity contribution in [2.75, 3.05) is 0 Å². The summed E-state index contributed by atoms with van der Waals surface area (Å²) < 4.78 is 0. The third-order valence-electron chi connectivity index (χ3n) is 5.13. The highest BCUT2D eigenvalue weighted by Gasteiger charge is 2.22. The Balaban J connectivity index is 2.29. The molecule has 0 N–H and O–H groups in total. The molecule has 1 aliphatic rings. The van der Waals surface area contributed by atoms with E-state index < -0.39 is 0 Å². The van der Waals surface area contributed by atoms with Crippen molar-refractivity contribution in [3.8, 4) is 11.1 Å². The second kappa shape index (κ2) is 5.35. The van der Waals surface area contributed by atoms with Crippen molar-refractivity contribution in [3.63, 3.8) is 0 Å². The third kappa shape index (κ3) is 1.93. The smallest absolute Gasteiger partial charge is 0.00235 e. The van der Waals surface area contributed by atoms with E-state index in [-0.39, 0.29) is 0 Å². The Labute approximate surface area is 143 Å². The van der Waals surface area contributed by atoms with Gasteiger partial charge in [-0.05, 0) is 69.1 Å². The summed E-state index contributed by atoms with van der Waals surface area (Å²) in [6.07, 6.45) is 3.95. The van der Waals surface area contributed by atoms with Gasteiger partial charge >= 0.3 is 0 Å². The lowest BCUT2D eigenvalue weighted by Gasteiger charge is -2.15. The molecule has 0 nitrogen and oxygen atoms in total. The van der Waals surface area contributed by atoms with Gasteiger partial charge in [-0.1, -0.05) is 73.8 Å². The van der Waals surface area contributed by atoms with E-state index in [0.29, 0.717) is 0 Å². The predicted octanol–water partition coefficient (Wildman–Crippen LogP) is 6.72. The van der Waals surface area contributed by atoms with Gasteiger partial charge < -0.3 is 0 Å². The van der Waals surface area contributed by atoms with Gasteiger partial charge in [0.05, 0.1) is 0 Å². The van der Waals surface area contributed by atoms with Crippen LogP contribution in [0, 0.1) is 13.8 Å². The largest absolute Gasteiger partial charge is 0.0990 e. The molecule has 0 radical (unpaired) electrons. The van der Waals surface area contributed by atoms with Crippen molar-refractivity contribution in [2.45, 2.75) is 13.8 Å². The average Bonchev–Trinajstić information content (AvgIpc) is 2.70. The molecule has 24 heavy (non-hydrogen) atoms. The van der Waals surface area contributed by atoms with Crippen LogP contribution in [0.15, 0.2) is 73.8 Å². The van der Waals surface area contributed by atoms with E-state index in [1.807, 2.05) is 6.08 Å². The zero-order chi connectivity index (χ0) is 16.8. The van der Waals surface area contributed by atoms with Crippen molar-refractivity contribution < 1.29 is 0 Å². The minimum absolute atomic E-state index is 1.06. The van der Waals surface area contributed by atoms with Crippen molar-refractivity contribution in [1.29, 1.82) is 0 Å². The first kappa shape index (κ1) is 14.7. The van der Waals surface area contributed by atoms with Crippen LogP contribution in [0.3, 0.4) is 0 Å². The van der Waals surface area contributed by atoms with Crippen LogP contribution in [-0.2, 0) is 0 Å². The predicted molar refractivity (Wildman–Crippen MR) is 106 cm³/mol. The molecule has 0 heterocycles. The fourth-order valence-electron chi connectivity index (χ4n) is 3.80. The Morgan fingerprint density at radius 2 is 1.54 bits per heavy atom. The molecule has 0 unspecified atom stereocenters. The summed E-state index contributed by atoms with van der Waals surface area (Å²) in [5.41, 5.74) is 9.87. The normalized spacial score (nSPS) is 14.6. The Hall–Kier alpha value is -2.86. The molecule has 4 rings (SSSR count). The lowest BCUT2D eigenvalue weighted by molar-refractivity contribution is 1.37. The number of benzene rings is 3. The molecule has 0 amide bonds. The minimum Gasteiger partial charge on any atom is -0.0990 e. The third-order valence-corrected chi connectivity index (χ3v) is 5.13. The first-order chi connectivity index (χ1) is 11.6. The van der Waals surface area contributed by atoms with E-state index in [0.717, 1.165) is 11.1 Å². The molecule has 0 aromatic heterocycles. The van der Waals surface area contributed by atoms with E-state index in [1.54, 1.807) is 0 Å². The Morgan fingerprint density at radius 1 is 0.833 bits per heavy atom. The van der Waals surface area contributed by atoms with Gasteiger partial charge in [0.2, 0.25) is 0 Å². The summed E-state index contributed by atoms with van der Waals surface area (Å²) in [4.78, 5) is 0. The van der Waals surface area contributed by atoms with E-state index in [2.05, 4.69) is 81.6 Å². The molecule has 0 saturated carbocycles. The zero-order valence-corrected chi connectivity index (χ0v) is 14.2. The molecule has 0 heteroatoms. The van der Waals surface area contributed by atoms with Crippen LogP contribution in [-0.4, -0.2) is 0 Å². The molecule has 0 atom stereocenters. The number of fused-ring (bicyclic) bond motifs is 2. The molecule has 0 saturated heterocycles. The molecule has 0 aliphatic heterocycles. The zero-order valence-electron chi connectivity index (χ0n) is 14.2. The van der Waals surface area contributed by atoms with Crippen LogP contribution in [0.5, 0.6) is 0 Å². The van der Waals surface area contributed by atoms with Crippen LogP contribution in [0.1, 0.15) is 22.3 Å². The van der Waals surface area contributed by atoms with E-state index >= 15 is 0 Å². The Morgan fingerprint density at radius 3 is 2.29 bits per heavy atom. The maximum atomic E-state index is 4.42. The van der Waals surface area contributed by atoms with E-state index in [9.17, 15) is 0 Å². The van der Waals surface area contributed by atoms with Crippen LogP contribution in [0.25, 0.3) is 33.0 Å². The number of rotatable bonds is 1. The molecule has 1 aliphatic carbocycles. The van der Waals surface area contributed by atoms with E-state index in [4.69, 9.17) is 0 Å². The molecule has 0 fully saturated rings. The molecular weight excluding hydrogens is 288 g/mol. The lowest BCUT2D eigenvalue weighted by atomic mass is 9.89. The van der Waals surface area contributed by atoms with Crippen LogP contribution >= 0.6 is 0 Å². The summed E-state index contributed by atoms with van der Waals surface area (Å²) in [6.45, 7) is 12.7. The second-order valence-corrected chi connectivity index (χ2v) is 6.43. The van der Waals surface area contributed by atoms with Gasteiger partial charge in [-0.3, -0.25) is 0 Å². The SMILES string of the molecule is C=C/C=C1\C(=C)c2ccccc2-c2cccc3c(C)c(C)cc1c23. The Bertz CT molecular complexity index is 1050. The summed E-state index contributed by atoms with van der Waals surface area (Å²) >= 11 is 0. The Kier molecular flexibility index (Phi) is 3.28. The summed E-state index contributed by atoms with van der Waals surface area (Å²) in [5, 5.41) is 2.64. The van der Waals surface area contributed by atoms with Gasteiger partial charge in [0, 0.05) is 0 Å². The van der Waals surface area contributed by atoms with Crippen molar-refractivity contribution in [1.82, 2.24) is 0 Å². The van der Waals surface area contributed by atoms with Crippen LogP contribution < -0.4 is 0 Å². The number of hydrogen-bond acceptors (Lipinski definition) is 0. The van der Waals surface area contributed by atoms with Gasteiger partial charge in [0.15, 0.2) is 0 Å². The minimum atomic E-state index is 1.06. The standard InChI is InChI=1S/C24H20/c1-5-9-18-17(4)19-10-6-7-11-21(19)22-13-8-12-20-16(3)15(2)14-23(18)24(20)22/h5-14H,1,4H2,2-3H3/b18-9+. The van der Waals surface area contributed by atoms with Gasteiger partial charge in [0.1, 0.15) is 0 Å². The monoisotopic (exact) mass is 308 g/mol. The molecule has 0 bridgehead atoms. The fraction of sp³-hybridized carbons (Fsp3) is 0.0833. The quantitative estimate of drug-likeness (QED) is 0.468. The van der Waals surface area contributed by atoms with Gasteiger partial charge in [-0.25, -0.2) is 0 Å². The first-order valence-corrected chi connectivity index (χ1v) is 8.28. The molecule has 116 valence electrons. The van der Waals surface area contributed by atoms with Crippen molar-refractivity contribution in [2.24, 2.45) is 0 Å². The topological polar surface area (TPSA) is 0 Å². The number of allylic oxidation sites excluding steroid dienone is 4. The maximum Gasteiger partial charge on any atom is -0.00235 e. The highest BCUT2D eigenvalue weighted by molar-refractivity contribution is 6.19. The fourth-order valence-corrected chi connectivity index (χ4v) is 3.80. The molecule has 0 spiro atoms. The van der Waals surface area contributed by atoms with Crippen molar-refractivity contribution >= 4 is 21.9 Å². The van der Waals surface area contributed by atoms with E-state index in [1.165, 1.54) is 44.2 Å². The lowest BCUT2D eigenvalue weighted by Crippen LogP contribution is -1.93. The maximum absolute atomic E-state index is 4.42. The summed E-state index contributed by atoms with van der Waals surface area (Å²) in [7, 11) is 0. The highest BCUT2D eigenvalue weighted by atomic mass is 14.3. The van der Waals surface area contributed by atoms with Crippen LogP contribution in [0.2, 0.25) is 0 Å². The summed E-state index contributed by atoms with van der Waals surface area (Å²) in [6, 6.07) is 17.5. The molecule has 3 aromatic rings. The number of aryl methyl sites for hydroxylation is 2. The van der Waals surface area contributed by atoms with Crippen molar-refractivity contribution in [3.05, 3.63) is 96.1 Å². The van der Waals surface area contributed by atoms with Gasteiger partial charge in [-0.2, -0.15) is 0 Å². The summed E-state index contributed by atoms with van der Waals surface area (Å²) in [5.74, 6) is 0. The molecule has 3 aromatic carbocycles.